The molecule has 1 fully saturated rings. The Morgan fingerprint density at radius 1 is 1.28 bits per heavy atom. The van der Waals surface area contributed by atoms with E-state index in [2.05, 4.69) is 11.4 Å². The first-order valence-corrected chi connectivity index (χ1v) is 6.75. The van der Waals surface area contributed by atoms with Crippen molar-refractivity contribution >= 4 is 23.2 Å². The van der Waals surface area contributed by atoms with Crippen molar-refractivity contribution in [1.82, 2.24) is 5.32 Å². The first-order valence-electron chi connectivity index (χ1n) is 6.37. The van der Waals surface area contributed by atoms with Crippen molar-refractivity contribution in [3.05, 3.63) is 28.3 Å². The van der Waals surface area contributed by atoms with Crippen molar-refractivity contribution in [3.63, 3.8) is 0 Å². The van der Waals surface area contributed by atoms with Gasteiger partial charge < -0.3 is 10.2 Å². The summed E-state index contributed by atoms with van der Waals surface area (Å²) in [6.07, 6.45) is 2.09. The summed E-state index contributed by atoms with van der Waals surface area (Å²) in [5.41, 5.74) is 3.06. The highest BCUT2D eigenvalue weighted by molar-refractivity contribution is 6.34. The van der Waals surface area contributed by atoms with E-state index in [0.29, 0.717) is 11.6 Å². The van der Waals surface area contributed by atoms with Crippen LogP contribution in [-0.4, -0.2) is 25.5 Å². The van der Waals surface area contributed by atoms with E-state index in [4.69, 9.17) is 11.6 Å². The van der Waals surface area contributed by atoms with Gasteiger partial charge in [-0.15, -0.1) is 0 Å². The van der Waals surface area contributed by atoms with Gasteiger partial charge in [-0.1, -0.05) is 17.7 Å². The summed E-state index contributed by atoms with van der Waals surface area (Å²) in [6.45, 7) is 6.08. The molecule has 0 saturated carbocycles. The molecule has 18 heavy (non-hydrogen) atoms. The Bertz CT molecular complexity index is 436. The van der Waals surface area contributed by atoms with E-state index >= 15 is 0 Å². The fraction of sp³-hybridized carbons (Fsp3) is 0.500. The zero-order chi connectivity index (χ0) is 13.1. The zero-order valence-corrected chi connectivity index (χ0v) is 11.7. The summed E-state index contributed by atoms with van der Waals surface area (Å²) in [5, 5.41) is 3.82. The lowest BCUT2D eigenvalue weighted by molar-refractivity contribution is -0.118. The topological polar surface area (TPSA) is 32.3 Å². The average Bonchev–Trinajstić information content (AvgIpc) is 2.26. The summed E-state index contributed by atoms with van der Waals surface area (Å²) in [5.74, 6) is 0.101. The van der Waals surface area contributed by atoms with Crippen molar-refractivity contribution in [2.75, 3.05) is 24.5 Å². The van der Waals surface area contributed by atoms with Crippen LogP contribution in [0.1, 0.15) is 24.0 Å². The van der Waals surface area contributed by atoms with E-state index in [1.807, 2.05) is 24.8 Å². The van der Waals surface area contributed by atoms with Crippen molar-refractivity contribution < 1.29 is 4.79 Å². The molecule has 98 valence electrons. The van der Waals surface area contributed by atoms with Crippen LogP contribution >= 0.6 is 11.6 Å². The first-order chi connectivity index (χ1) is 8.59. The van der Waals surface area contributed by atoms with Crippen LogP contribution in [0, 0.1) is 13.8 Å². The molecular weight excluding hydrogens is 248 g/mol. The molecule has 1 saturated heterocycles. The molecule has 0 aromatic heterocycles. The number of amides is 1. The summed E-state index contributed by atoms with van der Waals surface area (Å²) in [4.78, 5) is 14.0. The molecule has 1 aromatic carbocycles. The quantitative estimate of drug-likeness (QED) is 0.848. The molecule has 1 amide bonds. The highest BCUT2D eigenvalue weighted by atomic mass is 35.5. The molecule has 1 aromatic rings. The number of aryl methyl sites for hydroxylation is 2. The van der Waals surface area contributed by atoms with Gasteiger partial charge in [0.15, 0.2) is 0 Å². The Balaban J connectivity index is 2.36. The normalized spacial score (nSPS) is 17.5. The molecule has 1 heterocycles. The third-order valence-corrected chi connectivity index (χ3v) is 3.52. The van der Waals surface area contributed by atoms with E-state index < -0.39 is 0 Å². The molecule has 2 rings (SSSR count). The molecule has 3 nitrogen and oxygen atoms in total. The highest BCUT2D eigenvalue weighted by Gasteiger charge is 2.21. The molecule has 1 aliphatic heterocycles. The second-order valence-electron chi connectivity index (χ2n) is 4.84. The number of nitrogens with zero attached hydrogens (tertiary/aromatic N) is 1. The van der Waals surface area contributed by atoms with E-state index in [-0.39, 0.29) is 5.91 Å². The molecular formula is C14H19ClN2O. The molecule has 0 atom stereocenters. The van der Waals surface area contributed by atoms with Crippen LogP contribution in [0.15, 0.2) is 12.1 Å². The average molecular weight is 267 g/mol. The lowest BCUT2D eigenvalue weighted by Crippen LogP contribution is -2.41. The standard InChI is InChI=1S/C14H19ClN2O/c1-10-7-11(2)14(12(15)8-10)17-6-4-3-5-16-9-13(17)18/h7-8,16H,3-6,9H2,1-2H3. The molecule has 1 aliphatic rings. The van der Waals surface area contributed by atoms with E-state index in [9.17, 15) is 4.79 Å². The molecule has 0 unspecified atom stereocenters. The number of halogens is 1. The van der Waals surface area contributed by atoms with Crippen LogP contribution in [0.4, 0.5) is 5.69 Å². The van der Waals surface area contributed by atoms with Gasteiger partial charge in [0, 0.05) is 6.54 Å². The van der Waals surface area contributed by atoms with Gasteiger partial charge in [0.1, 0.15) is 0 Å². The minimum absolute atomic E-state index is 0.101. The third-order valence-electron chi connectivity index (χ3n) is 3.23. The summed E-state index contributed by atoms with van der Waals surface area (Å²) in [7, 11) is 0. The first kappa shape index (κ1) is 13.4. The fourth-order valence-electron chi connectivity index (χ4n) is 2.42. The van der Waals surface area contributed by atoms with Gasteiger partial charge in [-0.2, -0.15) is 0 Å². The maximum Gasteiger partial charge on any atom is 0.240 e. The van der Waals surface area contributed by atoms with Crippen LogP contribution in [0.3, 0.4) is 0 Å². The predicted octanol–water partition coefficient (Wildman–Crippen LogP) is 2.67. The third kappa shape index (κ3) is 2.85. The Hall–Kier alpha value is -1.06. The molecule has 0 radical (unpaired) electrons. The monoisotopic (exact) mass is 266 g/mol. The van der Waals surface area contributed by atoms with Gasteiger partial charge in [-0.05, 0) is 50.4 Å². The zero-order valence-electron chi connectivity index (χ0n) is 10.9. The van der Waals surface area contributed by atoms with E-state index in [1.54, 1.807) is 0 Å². The largest absolute Gasteiger partial charge is 0.310 e. The van der Waals surface area contributed by atoms with Gasteiger partial charge in [0.25, 0.3) is 0 Å². The summed E-state index contributed by atoms with van der Waals surface area (Å²) < 4.78 is 0. The number of nitrogens with one attached hydrogen (secondary N) is 1. The molecule has 4 heteroatoms. The predicted molar refractivity (Wildman–Crippen MR) is 75.4 cm³/mol. The van der Waals surface area contributed by atoms with Gasteiger partial charge in [-0.3, -0.25) is 4.79 Å². The van der Waals surface area contributed by atoms with Gasteiger partial charge in [-0.25, -0.2) is 0 Å². The molecule has 0 bridgehead atoms. The number of benzene rings is 1. The second kappa shape index (κ2) is 5.72. The molecule has 0 spiro atoms. The van der Waals surface area contributed by atoms with Crippen molar-refractivity contribution in [1.29, 1.82) is 0 Å². The number of anilines is 1. The SMILES string of the molecule is Cc1cc(C)c(N2CCCCNCC2=O)c(Cl)c1. The maximum absolute atomic E-state index is 12.2. The highest BCUT2D eigenvalue weighted by Crippen LogP contribution is 2.31. The molecule has 1 N–H and O–H groups in total. The maximum atomic E-state index is 12.2. The fourth-order valence-corrected chi connectivity index (χ4v) is 2.84. The van der Waals surface area contributed by atoms with Crippen LogP contribution in [0.25, 0.3) is 0 Å². The number of hydrogen-bond donors (Lipinski definition) is 1. The van der Waals surface area contributed by atoms with Crippen molar-refractivity contribution in [2.24, 2.45) is 0 Å². The Kier molecular flexibility index (Phi) is 4.25. The lowest BCUT2D eigenvalue weighted by atomic mass is 10.1. The minimum Gasteiger partial charge on any atom is -0.310 e. The number of rotatable bonds is 1. The summed E-state index contributed by atoms with van der Waals surface area (Å²) in [6, 6.07) is 3.99. The van der Waals surface area contributed by atoms with Crippen LogP contribution < -0.4 is 10.2 Å². The Labute approximate surface area is 113 Å². The number of hydrogen-bond acceptors (Lipinski definition) is 2. The minimum atomic E-state index is 0.101. The van der Waals surface area contributed by atoms with E-state index in [1.165, 1.54) is 0 Å². The van der Waals surface area contributed by atoms with Crippen molar-refractivity contribution in [3.8, 4) is 0 Å². The van der Waals surface area contributed by atoms with Gasteiger partial charge in [0.2, 0.25) is 5.91 Å². The van der Waals surface area contributed by atoms with Crippen LogP contribution in [0.2, 0.25) is 5.02 Å². The van der Waals surface area contributed by atoms with Crippen molar-refractivity contribution in [2.45, 2.75) is 26.7 Å². The Morgan fingerprint density at radius 2 is 2.06 bits per heavy atom. The Morgan fingerprint density at radius 3 is 2.78 bits per heavy atom. The summed E-state index contributed by atoms with van der Waals surface area (Å²) >= 11 is 6.31. The van der Waals surface area contributed by atoms with Gasteiger partial charge >= 0.3 is 0 Å². The number of carbonyl (C=O) groups excluding carboxylic acids is 1. The van der Waals surface area contributed by atoms with Crippen LogP contribution in [-0.2, 0) is 4.79 Å². The number of carbonyl (C=O) groups is 1. The lowest BCUT2D eigenvalue weighted by Gasteiger charge is -2.28. The smallest absolute Gasteiger partial charge is 0.240 e. The van der Waals surface area contributed by atoms with Gasteiger partial charge in [0.05, 0.1) is 17.3 Å². The molecule has 0 aliphatic carbocycles. The van der Waals surface area contributed by atoms with Crippen LogP contribution in [0.5, 0.6) is 0 Å². The second-order valence-corrected chi connectivity index (χ2v) is 5.25. The van der Waals surface area contributed by atoms with E-state index in [0.717, 1.165) is 42.7 Å².